The number of benzene rings is 1. The van der Waals surface area contributed by atoms with Gasteiger partial charge in [0.25, 0.3) is 0 Å². The average molecular weight is 329 g/mol. The zero-order chi connectivity index (χ0) is 15.2. The van der Waals surface area contributed by atoms with Crippen molar-refractivity contribution in [1.29, 1.82) is 0 Å². The molecule has 112 valence electrons. The molecule has 7 heteroatoms. The van der Waals surface area contributed by atoms with Crippen LogP contribution in [0.5, 0.6) is 0 Å². The summed E-state index contributed by atoms with van der Waals surface area (Å²) in [5.74, 6) is -0.526. The first-order chi connectivity index (χ1) is 9.92. The molecule has 0 saturated carbocycles. The van der Waals surface area contributed by atoms with Crippen molar-refractivity contribution in [3.63, 3.8) is 0 Å². The number of carbonyl (C=O) groups is 2. The lowest BCUT2D eigenvalue weighted by molar-refractivity contribution is -0.135. The molecule has 1 N–H and O–H groups in total. The first kappa shape index (κ1) is 14.7. The van der Waals surface area contributed by atoms with Crippen LogP contribution in [-0.4, -0.2) is 33.4 Å². The van der Waals surface area contributed by atoms with Crippen LogP contribution < -0.4 is 5.32 Å². The van der Waals surface area contributed by atoms with Crippen LogP contribution in [0.4, 0.5) is 10.1 Å². The molecule has 2 atom stereocenters. The normalized spacial score (nSPS) is 27.9. The number of hydrogen-bond acceptors (Lipinski definition) is 3. The number of halogens is 2. The summed E-state index contributed by atoms with van der Waals surface area (Å²) in [7, 11) is 0. The molecule has 2 amide bonds. The van der Waals surface area contributed by atoms with Crippen molar-refractivity contribution in [2.75, 3.05) is 11.1 Å². The summed E-state index contributed by atoms with van der Waals surface area (Å²) < 4.78 is 13.8. The summed E-state index contributed by atoms with van der Waals surface area (Å²) in [5.41, 5.74) is 0.0396. The zero-order valence-corrected chi connectivity index (χ0v) is 12.9. The molecular formula is C14H14ClFN2O2S. The van der Waals surface area contributed by atoms with Crippen molar-refractivity contribution in [3.8, 4) is 0 Å². The van der Waals surface area contributed by atoms with E-state index in [2.05, 4.69) is 5.32 Å². The monoisotopic (exact) mass is 328 g/mol. The number of thioether (sulfide) groups is 1. The Hall–Kier alpha value is -1.27. The third kappa shape index (κ3) is 2.40. The summed E-state index contributed by atoms with van der Waals surface area (Å²) in [4.78, 5) is 25.7. The number of nitrogens with one attached hydrogen (secondary N) is 1. The smallest absolute Gasteiger partial charge is 0.248 e. The minimum absolute atomic E-state index is 0.0192. The molecule has 2 saturated heterocycles. The zero-order valence-electron chi connectivity index (χ0n) is 11.4. The summed E-state index contributed by atoms with van der Waals surface area (Å²) >= 11 is 7.29. The maximum absolute atomic E-state index is 13.8. The van der Waals surface area contributed by atoms with Gasteiger partial charge in [-0.3, -0.25) is 9.59 Å². The number of fused-ring (bicyclic) bond motifs is 1. The molecule has 0 bridgehead atoms. The molecule has 2 fully saturated rings. The highest BCUT2D eigenvalue weighted by Crippen LogP contribution is 2.47. The molecule has 0 spiro atoms. The average Bonchev–Trinajstić information content (AvgIpc) is 2.92. The van der Waals surface area contributed by atoms with Crippen LogP contribution >= 0.6 is 23.4 Å². The van der Waals surface area contributed by atoms with E-state index in [-0.39, 0.29) is 27.4 Å². The van der Waals surface area contributed by atoms with Crippen molar-refractivity contribution in [1.82, 2.24) is 4.90 Å². The predicted octanol–water partition coefficient (Wildman–Crippen LogP) is 2.87. The maximum atomic E-state index is 13.8. The van der Waals surface area contributed by atoms with Gasteiger partial charge in [-0.1, -0.05) is 17.7 Å². The van der Waals surface area contributed by atoms with Gasteiger partial charge in [0.05, 0.1) is 15.6 Å². The molecule has 0 aliphatic carbocycles. The standard InChI is InChI=1S/C14H14ClFN2O2S/c1-14-6-5-11(19)18(14)10(7-21-14)13(20)17-9-4-2-3-8(15)12(9)16/h2-4,10H,5-7H2,1H3,(H,17,20)/t10-,14-/m0/s1. The Bertz CT molecular complexity index is 627. The molecule has 1 aromatic rings. The van der Waals surface area contributed by atoms with Gasteiger partial charge in [-0.2, -0.15) is 0 Å². The largest absolute Gasteiger partial charge is 0.322 e. The van der Waals surface area contributed by atoms with Crippen LogP contribution in [0.3, 0.4) is 0 Å². The lowest BCUT2D eigenvalue weighted by Crippen LogP contribution is -2.48. The Morgan fingerprint density at radius 1 is 1.57 bits per heavy atom. The highest BCUT2D eigenvalue weighted by Gasteiger charge is 2.52. The minimum atomic E-state index is -0.659. The van der Waals surface area contributed by atoms with Crippen molar-refractivity contribution in [3.05, 3.63) is 29.0 Å². The van der Waals surface area contributed by atoms with E-state index >= 15 is 0 Å². The predicted molar refractivity (Wildman–Crippen MR) is 80.8 cm³/mol. The van der Waals surface area contributed by atoms with E-state index in [1.54, 1.807) is 22.7 Å². The Balaban J connectivity index is 1.80. The summed E-state index contributed by atoms with van der Waals surface area (Å²) in [6.45, 7) is 1.97. The molecule has 2 aliphatic rings. The molecule has 0 aromatic heterocycles. The van der Waals surface area contributed by atoms with E-state index in [0.717, 1.165) is 6.42 Å². The minimum Gasteiger partial charge on any atom is -0.322 e. The second-order valence-corrected chi connectivity index (χ2v) is 7.26. The number of amides is 2. The van der Waals surface area contributed by atoms with Gasteiger partial charge in [-0.25, -0.2) is 4.39 Å². The van der Waals surface area contributed by atoms with Gasteiger partial charge >= 0.3 is 0 Å². The van der Waals surface area contributed by atoms with Gasteiger partial charge in [0.1, 0.15) is 6.04 Å². The van der Waals surface area contributed by atoms with Crippen LogP contribution in [0.25, 0.3) is 0 Å². The van der Waals surface area contributed by atoms with Crippen LogP contribution in [0, 0.1) is 5.82 Å². The number of anilines is 1. The summed E-state index contributed by atoms with van der Waals surface area (Å²) in [5, 5.41) is 2.49. The van der Waals surface area contributed by atoms with Crippen molar-refractivity contribution >= 4 is 40.9 Å². The molecular weight excluding hydrogens is 315 g/mol. The first-order valence-corrected chi connectivity index (χ1v) is 8.00. The van der Waals surface area contributed by atoms with Gasteiger partial charge in [-0.05, 0) is 25.5 Å². The van der Waals surface area contributed by atoms with Crippen LogP contribution in [0.15, 0.2) is 18.2 Å². The van der Waals surface area contributed by atoms with Crippen molar-refractivity contribution in [2.45, 2.75) is 30.7 Å². The highest BCUT2D eigenvalue weighted by molar-refractivity contribution is 8.01. The molecule has 0 unspecified atom stereocenters. The lowest BCUT2D eigenvalue weighted by atomic mass is 10.2. The quantitative estimate of drug-likeness (QED) is 0.908. The summed E-state index contributed by atoms with van der Waals surface area (Å²) in [6, 6.07) is 3.87. The molecule has 1 aromatic carbocycles. The number of rotatable bonds is 2. The van der Waals surface area contributed by atoms with Crippen LogP contribution in [0.2, 0.25) is 5.02 Å². The fourth-order valence-corrected chi connectivity index (χ4v) is 4.44. The molecule has 21 heavy (non-hydrogen) atoms. The summed E-state index contributed by atoms with van der Waals surface area (Å²) in [6.07, 6.45) is 1.20. The second kappa shape index (κ2) is 5.18. The van der Waals surface area contributed by atoms with Gasteiger partial charge in [0.15, 0.2) is 5.82 Å². The van der Waals surface area contributed by atoms with Gasteiger partial charge < -0.3 is 10.2 Å². The van der Waals surface area contributed by atoms with E-state index in [9.17, 15) is 14.0 Å². The highest BCUT2D eigenvalue weighted by atomic mass is 35.5. The fraction of sp³-hybridized carbons (Fsp3) is 0.429. The lowest BCUT2D eigenvalue weighted by Gasteiger charge is -2.29. The molecule has 2 heterocycles. The van der Waals surface area contributed by atoms with E-state index in [4.69, 9.17) is 11.6 Å². The fourth-order valence-electron chi connectivity index (χ4n) is 2.83. The Kier molecular flexibility index (Phi) is 3.61. The molecule has 0 radical (unpaired) electrons. The van der Waals surface area contributed by atoms with Crippen molar-refractivity contribution < 1.29 is 14.0 Å². The Morgan fingerprint density at radius 3 is 3.10 bits per heavy atom. The van der Waals surface area contributed by atoms with Crippen LogP contribution in [-0.2, 0) is 9.59 Å². The van der Waals surface area contributed by atoms with E-state index in [0.29, 0.717) is 12.2 Å². The number of carbonyl (C=O) groups excluding carboxylic acids is 2. The van der Waals surface area contributed by atoms with Crippen molar-refractivity contribution in [2.24, 2.45) is 0 Å². The van der Waals surface area contributed by atoms with Gasteiger partial charge in [-0.15, -0.1) is 11.8 Å². The molecule has 3 rings (SSSR count). The topological polar surface area (TPSA) is 49.4 Å². The molecule has 2 aliphatic heterocycles. The Labute approximate surface area is 131 Å². The molecule has 4 nitrogen and oxygen atoms in total. The maximum Gasteiger partial charge on any atom is 0.248 e. The van der Waals surface area contributed by atoms with Gasteiger partial charge in [0.2, 0.25) is 11.8 Å². The number of nitrogens with zero attached hydrogens (tertiary/aromatic N) is 1. The van der Waals surface area contributed by atoms with Gasteiger partial charge in [0, 0.05) is 12.2 Å². The van der Waals surface area contributed by atoms with E-state index in [1.165, 1.54) is 12.1 Å². The Morgan fingerprint density at radius 2 is 2.33 bits per heavy atom. The number of hydrogen-bond donors (Lipinski definition) is 1. The SMILES string of the molecule is C[C@]12CCC(=O)N1[C@H](C(=O)Nc1cccc(Cl)c1F)CS2. The third-order valence-electron chi connectivity index (χ3n) is 3.96. The second-order valence-electron chi connectivity index (χ2n) is 5.36. The first-order valence-electron chi connectivity index (χ1n) is 6.63. The van der Waals surface area contributed by atoms with Crippen LogP contribution in [0.1, 0.15) is 19.8 Å². The van der Waals surface area contributed by atoms with E-state index < -0.39 is 11.9 Å². The third-order valence-corrected chi connectivity index (χ3v) is 5.75. The van der Waals surface area contributed by atoms with E-state index in [1.807, 2.05) is 6.92 Å².